The van der Waals surface area contributed by atoms with Crippen molar-refractivity contribution < 1.29 is 9.47 Å². The molecule has 1 aliphatic rings. The van der Waals surface area contributed by atoms with Gasteiger partial charge in [-0.15, -0.1) is 11.6 Å². The Morgan fingerprint density at radius 2 is 2.00 bits per heavy atom. The normalized spacial score (nSPS) is 23.1. The smallest absolute Gasteiger partial charge is 0.179 e. The van der Waals surface area contributed by atoms with Crippen LogP contribution in [0.5, 0.6) is 11.5 Å². The summed E-state index contributed by atoms with van der Waals surface area (Å²) in [6.07, 6.45) is 0.892. The highest BCUT2D eigenvalue weighted by atomic mass is 35.5. The Hall–Kier alpha value is -0.600. The van der Waals surface area contributed by atoms with Crippen molar-refractivity contribution in [3.63, 3.8) is 0 Å². The number of halogens is 2. The Labute approximate surface area is 105 Å². The van der Waals surface area contributed by atoms with Crippen LogP contribution in [0, 0.1) is 5.92 Å². The lowest BCUT2D eigenvalue weighted by Gasteiger charge is -2.13. The zero-order valence-corrected chi connectivity index (χ0v) is 11.0. The van der Waals surface area contributed by atoms with Crippen LogP contribution in [0.25, 0.3) is 0 Å². The Kier molecular flexibility index (Phi) is 3.22. The monoisotopic (exact) mass is 260 g/mol. The summed E-state index contributed by atoms with van der Waals surface area (Å²) in [6.45, 7) is 2.12. The molecule has 0 bridgehead atoms. The van der Waals surface area contributed by atoms with Crippen molar-refractivity contribution in [1.29, 1.82) is 0 Å². The molecule has 1 aromatic rings. The molecule has 16 heavy (non-hydrogen) atoms. The summed E-state index contributed by atoms with van der Waals surface area (Å²) in [7, 11) is 3.19. The van der Waals surface area contributed by atoms with Gasteiger partial charge in [0.15, 0.2) is 11.5 Å². The van der Waals surface area contributed by atoms with Crippen LogP contribution in [0.2, 0.25) is 5.02 Å². The molecule has 88 valence electrons. The Morgan fingerprint density at radius 3 is 2.56 bits per heavy atom. The number of rotatable bonds is 2. The van der Waals surface area contributed by atoms with Gasteiger partial charge in [0, 0.05) is 0 Å². The van der Waals surface area contributed by atoms with Crippen molar-refractivity contribution in [3.05, 3.63) is 22.2 Å². The first-order valence-electron chi connectivity index (χ1n) is 5.17. The van der Waals surface area contributed by atoms with Crippen LogP contribution in [0.3, 0.4) is 0 Å². The van der Waals surface area contributed by atoms with Crippen LogP contribution in [0.4, 0.5) is 0 Å². The van der Waals surface area contributed by atoms with E-state index in [0.29, 0.717) is 22.4 Å². The quantitative estimate of drug-likeness (QED) is 0.753. The SMILES string of the molecule is COc1cc2c(c(Cl)c1OC)CC(C)C2Cl. The summed E-state index contributed by atoms with van der Waals surface area (Å²) in [5, 5.41) is 0.638. The zero-order chi connectivity index (χ0) is 11.9. The van der Waals surface area contributed by atoms with Gasteiger partial charge in [-0.3, -0.25) is 0 Å². The molecule has 0 fully saturated rings. The average Bonchev–Trinajstić information content (AvgIpc) is 2.56. The lowest BCUT2D eigenvalue weighted by atomic mass is 10.1. The van der Waals surface area contributed by atoms with Crippen LogP contribution in [-0.2, 0) is 6.42 Å². The zero-order valence-electron chi connectivity index (χ0n) is 9.51. The van der Waals surface area contributed by atoms with Crippen LogP contribution in [0.1, 0.15) is 23.4 Å². The van der Waals surface area contributed by atoms with E-state index in [0.717, 1.165) is 17.5 Å². The van der Waals surface area contributed by atoms with E-state index in [9.17, 15) is 0 Å². The van der Waals surface area contributed by atoms with Crippen molar-refractivity contribution in [2.45, 2.75) is 18.7 Å². The molecule has 0 aliphatic heterocycles. The molecule has 0 spiro atoms. The number of alkyl halides is 1. The Bertz CT molecular complexity index is 418. The minimum atomic E-state index is 0.00676. The fourth-order valence-corrected chi connectivity index (χ4v) is 2.83. The van der Waals surface area contributed by atoms with Crippen LogP contribution >= 0.6 is 23.2 Å². The fraction of sp³-hybridized carbons (Fsp3) is 0.500. The third-order valence-corrected chi connectivity index (χ3v) is 4.14. The van der Waals surface area contributed by atoms with Gasteiger partial charge in [-0.05, 0) is 29.5 Å². The molecule has 1 aromatic carbocycles. The van der Waals surface area contributed by atoms with E-state index in [1.807, 2.05) is 6.07 Å². The van der Waals surface area contributed by atoms with Crippen LogP contribution in [-0.4, -0.2) is 14.2 Å². The van der Waals surface area contributed by atoms with E-state index in [1.54, 1.807) is 14.2 Å². The first kappa shape index (κ1) is 11.9. The minimum Gasteiger partial charge on any atom is -0.493 e. The summed E-state index contributed by atoms with van der Waals surface area (Å²) < 4.78 is 10.5. The molecule has 2 unspecified atom stereocenters. The highest BCUT2D eigenvalue weighted by Gasteiger charge is 2.32. The van der Waals surface area contributed by atoms with E-state index in [4.69, 9.17) is 32.7 Å². The fourth-order valence-electron chi connectivity index (χ4n) is 2.19. The standard InChI is InChI=1S/C12H14Cl2O2/c1-6-4-7-8(10(6)13)5-9(15-2)12(16-3)11(7)14/h5-6,10H,4H2,1-3H3. The van der Waals surface area contributed by atoms with Gasteiger partial charge in [0.25, 0.3) is 0 Å². The van der Waals surface area contributed by atoms with Crippen molar-refractivity contribution in [2.24, 2.45) is 5.92 Å². The molecule has 1 aliphatic carbocycles. The average molecular weight is 261 g/mol. The molecule has 2 rings (SSSR count). The molecular weight excluding hydrogens is 247 g/mol. The molecule has 4 heteroatoms. The van der Waals surface area contributed by atoms with Crippen LogP contribution < -0.4 is 9.47 Å². The summed E-state index contributed by atoms with van der Waals surface area (Å²) >= 11 is 12.6. The minimum absolute atomic E-state index is 0.00676. The predicted molar refractivity (Wildman–Crippen MR) is 66.0 cm³/mol. The second-order valence-electron chi connectivity index (χ2n) is 4.08. The summed E-state index contributed by atoms with van der Waals surface area (Å²) in [5.74, 6) is 1.64. The molecule has 2 nitrogen and oxygen atoms in total. The van der Waals surface area contributed by atoms with Crippen molar-refractivity contribution in [1.82, 2.24) is 0 Å². The van der Waals surface area contributed by atoms with E-state index >= 15 is 0 Å². The van der Waals surface area contributed by atoms with E-state index in [2.05, 4.69) is 6.92 Å². The topological polar surface area (TPSA) is 18.5 Å². The maximum absolute atomic E-state index is 6.33. The summed E-state index contributed by atoms with van der Waals surface area (Å²) in [5.41, 5.74) is 2.16. The third-order valence-electron chi connectivity index (χ3n) is 3.07. The second-order valence-corrected chi connectivity index (χ2v) is 4.93. The first-order chi connectivity index (χ1) is 7.60. The lowest BCUT2D eigenvalue weighted by molar-refractivity contribution is 0.354. The molecule has 0 radical (unpaired) electrons. The number of ether oxygens (including phenoxy) is 2. The van der Waals surface area contributed by atoms with Crippen molar-refractivity contribution in [2.75, 3.05) is 14.2 Å². The van der Waals surface area contributed by atoms with Gasteiger partial charge in [0.1, 0.15) is 0 Å². The van der Waals surface area contributed by atoms with Gasteiger partial charge in [-0.25, -0.2) is 0 Å². The summed E-state index contributed by atoms with van der Waals surface area (Å²) in [4.78, 5) is 0. The molecule has 0 amide bonds. The predicted octanol–water partition coefficient (Wildman–Crippen LogP) is 3.83. The number of benzene rings is 1. The molecular formula is C12H14Cl2O2. The maximum atomic E-state index is 6.33. The maximum Gasteiger partial charge on any atom is 0.179 e. The van der Waals surface area contributed by atoms with E-state index < -0.39 is 0 Å². The molecule has 0 heterocycles. The number of methoxy groups -OCH3 is 2. The lowest BCUT2D eigenvalue weighted by Crippen LogP contribution is -1.96. The molecule has 0 saturated heterocycles. The number of hydrogen-bond donors (Lipinski definition) is 0. The second kappa shape index (κ2) is 4.34. The van der Waals surface area contributed by atoms with Crippen molar-refractivity contribution >= 4 is 23.2 Å². The Balaban J connectivity index is 2.61. The number of hydrogen-bond acceptors (Lipinski definition) is 2. The van der Waals surface area contributed by atoms with Gasteiger partial charge in [0.2, 0.25) is 0 Å². The van der Waals surface area contributed by atoms with Crippen molar-refractivity contribution in [3.8, 4) is 11.5 Å². The highest BCUT2D eigenvalue weighted by molar-refractivity contribution is 6.33. The molecule has 0 saturated carbocycles. The van der Waals surface area contributed by atoms with Gasteiger partial charge >= 0.3 is 0 Å². The van der Waals surface area contributed by atoms with E-state index in [-0.39, 0.29) is 5.38 Å². The highest BCUT2D eigenvalue weighted by Crippen LogP contribution is 2.49. The number of fused-ring (bicyclic) bond motifs is 1. The first-order valence-corrected chi connectivity index (χ1v) is 5.98. The largest absolute Gasteiger partial charge is 0.493 e. The van der Waals surface area contributed by atoms with Gasteiger partial charge in [0.05, 0.1) is 24.6 Å². The van der Waals surface area contributed by atoms with Crippen LogP contribution in [0.15, 0.2) is 6.07 Å². The van der Waals surface area contributed by atoms with Gasteiger partial charge in [-0.2, -0.15) is 0 Å². The third kappa shape index (κ3) is 1.64. The summed E-state index contributed by atoms with van der Waals surface area (Å²) in [6, 6.07) is 1.93. The molecule has 2 atom stereocenters. The molecule has 0 N–H and O–H groups in total. The van der Waals surface area contributed by atoms with Gasteiger partial charge in [-0.1, -0.05) is 18.5 Å². The van der Waals surface area contributed by atoms with E-state index in [1.165, 1.54) is 0 Å². The molecule has 0 aromatic heterocycles. The Morgan fingerprint density at radius 1 is 1.31 bits per heavy atom. The van der Waals surface area contributed by atoms with Gasteiger partial charge < -0.3 is 9.47 Å².